The molecule has 21 heavy (non-hydrogen) atoms. The van der Waals surface area contributed by atoms with Crippen molar-refractivity contribution in [3.63, 3.8) is 0 Å². The van der Waals surface area contributed by atoms with Crippen LogP contribution in [-0.4, -0.2) is 33.5 Å². The van der Waals surface area contributed by atoms with E-state index in [1.54, 1.807) is 13.8 Å². The van der Waals surface area contributed by atoms with Crippen LogP contribution >= 0.6 is 11.8 Å². The van der Waals surface area contributed by atoms with Crippen LogP contribution in [0.3, 0.4) is 0 Å². The molecule has 1 atom stereocenters. The molecule has 1 aromatic carbocycles. The lowest BCUT2D eigenvalue weighted by atomic mass is 10.1. The molecule has 0 heterocycles. The Hall–Kier alpha value is -1.53. The third-order valence-corrected chi connectivity index (χ3v) is 4.87. The third kappa shape index (κ3) is 4.75. The number of nitrogens with one attached hydrogen (secondary N) is 1. The van der Waals surface area contributed by atoms with E-state index >= 15 is 0 Å². The quantitative estimate of drug-likeness (QED) is 0.749. The van der Waals surface area contributed by atoms with Crippen molar-refractivity contribution in [2.24, 2.45) is 5.73 Å². The van der Waals surface area contributed by atoms with E-state index in [0.717, 1.165) is 16.8 Å². The minimum Gasteiger partial charge on any atom is -0.480 e. The van der Waals surface area contributed by atoms with Crippen LogP contribution in [0.15, 0.2) is 18.2 Å². The van der Waals surface area contributed by atoms with E-state index in [1.807, 2.05) is 32.0 Å². The molecule has 4 N–H and O–H groups in total. The zero-order valence-corrected chi connectivity index (χ0v) is 13.6. The van der Waals surface area contributed by atoms with E-state index in [1.165, 1.54) is 11.8 Å². The molecule has 0 aliphatic carbocycles. The summed E-state index contributed by atoms with van der Waals surface area (Å²) in [5.74, 6) is -1.08. The van der Waals surface area contributed by atoms with Crippen LogP contribution in [-0.2, 0) is 9.59 Å². The van der Waals surface area contributed by atoms with Crippen molar-refractivity contribution >= 4 is 29.3 Å². The molecule has 0 radical (unpaired) electrons. The number of carboxylic acid groups (broad SMARTS) is 1. The summed E-state index contributed by atoms with van der Waals surface area (Å²) in [4.78, 5) is 22.9. The normalized spacial score (nSPS) is 12.8. The highest BCUT2D eigenvalue weighted by atomic mass is 32.2. The van der Waals surface area contributed by atoms with Crippen molar-refractivity contribution in [3.8, 4) is 0 Å². The minimum absolute atomic E-state index is 0.154. The summed E-state index contributed by atoms with van der Waals surface area (Å²) in [5, 5.41) is 11.8. The Balaban J connectivity index is 2.63. The first-order valence-electron chi connectivity index (χ1n) is 6.63. The first-order valence-corrected chi connectivity index (χ1v) is 7.62. The SMILES string of the molecule is Cc1cccc(NC(=O)CSC(C)(C)[C@@H](N)C(=O)O)c1C. The zero-order chi connectivity index (χ0) is 16.2. The number of hydrogen-bond acceptors (Lipinski definition) is 4. The lowest BCUT2D eigenvalue weighted by molar-refractivity contribution is -0.139. The van der Waals surface area contributed by atoms with Gasteiger partial charge in [-0.15, -0.1) is 11.8 Å². The monoisotopic (exact) mass is 310 g/mol. The second kappa shape index (κ2) is 6.95. The smallest absolute Gasteiger partial charge is 0.321 e. The highest BCUT2D eigenvalue weighted by Gasteiger charge is 2.33. The van der Waals surface area contributed by atoms with Crippen molar-refractivity contribution in [1.29, 1.82) is 0 Å². The lowest BCUT2D eigenvalue weighted by Crippen LogP contribution is -2.47. The van der Waals surface area contributed by atoms with Gasteiger partial charge < -0.3 is 16.2 Å². The Morgan fingerprint density at radius 3 is 2.57 bits per heavy atom. The average molecular weight is 310 g/mol. The van der Waals surface area contributed by atoms with Crippen LogP contribution in [0, 0.1) is 13.8 Å². The standard InChI is InChI=1S/C15H22N2O3S/c1-9-6-5-7-11(10(9)2)17-12(18)8-21-15(3,4)13(16)14(19)20/h5-7,13H,8,16H2,1-4H3,(H,17,18)(H,19,20)/t13-/m0/s1. The van der Waals surface area contributed by atoms with Gasteiger partial charge in [-0.05, 0) is 44.9 Å². The molecular formula is C15H22N2O3S. The summed E-state index contributed by atoms with van der Waals surface area (Å²) < 4.78 is -0.717. The van der Waals surface area contributed by atoms with Crippen molar-refractivity contribution in [2.75, 3.05) is 11.1 Å². The second-order valence-electron chi connectivity index (χ2n) is 5.50. The van der Waals surface area contributed by atoms with E-state index in [9.17, 15) is 9.59 Å². The van der Waals surface area contributed by atoms with Crippen molar-refractivity contribution in [2.45, 2.75) is 38.5 Å². The van der Waals surface area contributed by atoms with Gasteiger partial charge in [0.25, 0.3) is 0 Å². The molecule has 116 valence electrons. The number of aliphatic carboxylic acids is 1. The van der Waals surface area contributed by atoms with Crippen molar-refractivity contribution in [3.05, 3.63) is 29.3 Å². The van der Waals surface area contributed by atoms with Gasteiger partial charge in [0.1, 0.15) is 6.04 Å². The molecule has 0 fully saturated rings. The van der Waals surface area contributed by atoms with Crippen LogP contribution < -0.4 is 11.1 Å². The van der Waals surface area contributed by atoms with E-state index < -0.39 is 16.8 Å². The third-order valence-electron chi connectivity index (χ3n) is 3.47. The number of rotatable bonds is 6. The van der Waals surface area contributed by atoms with Gasteiger partial charge in [0, 0.05) is 10.4 Å². The molecule has 0 aliphatic heterocycles. The van der Waals surface area contributed by atoms with Gasteiger partial charge >= 0.3 is 5.97 Å². The molecule has 0 saturated heterocycles. The first kappa shape index (κ1) is 17.5. The van der Waals surface area contributed by atoms with Crippen molar-refractivity contribution in [1.82, 2.24) is 0 Å². The van der Waals surface area contributed by atoms with E-state index in [0.29, 0.717) is 0 Å². The molecular weight excluding hydrogens is 288 g/mol. The summed E-state index contributed by atoms with van der Waals surface area (Å²) in [6, 6.07) is 4.69. The first-order chi connectivity index (χ1) is 9.65. The number of hydrogen-bond donors (Lipinski definition) is 3. The molecule has 0 spiro atoms. The Morgan fingerprint density at radius 2 is 2.00 bits per heavy atom. The molecule has 6 heteroatoms. The number of nitrogens with two attached hydrogens (primary N) is 1. The molecule has 0 bridgehead atoms. The summed E-state index contributed by atoms with van der Waals surface area (Å²) in [6.07, 6.45) is 0. The summed E-state index contributed by atoms with van der Waals surface area (Å²) in [5.41, 5.74) is 8.53. The number of carbonyl (C=O) groups excluding carboxylic acids is 1. The molecule has 5 nitrogen and oxygen atoms in total. The van der Waals surface area contributed by atoms with E-state index in [-0.39, 0.29) is 11.7 Å². The maximum Gasteiger partial charge on any atom is 0.321 e. The number of benzene rings is 1. The number of carbonyl (C=O) groups is 2. The Morgan fingerprint density at radius 1 is 1.38 bits per heavy atom. The number of anilines is 1. The van der Waals surface area contributed by atoms with Gasteiger partial charge in [-0.1, -0.05) is 12.1 Å². The zero-order valence-electron chi connectivity index (χ0n) is 12.8. The summed E-state index contributed by atoms with van der Waals surface area (Å²) >= 11 is 1.23. The molecule has 1 aromatic rings. The molecule has 1 amide bonds. The maximum atomic E-state index is 12.0. The van der Waals surface area contributed by atoms with Gasteiger partial charge in [-0.25, -0.2) is 0 Å². The Bertz CT molecular complexity index is 544. The fourth-order valence-electron chi connectivity index (χ4n) is 1.71. The summed E-state index contributed by atoms with van der Waals surface area (Å²) in [6.45, 7) is 7.38. The molecule has 0 aromatic heterocycles. The average Bonchev–Trinajstić information content (AvgIpc) is 2.41. The highest BCUT2D eigenvalue weighted by Crippen LogP contribution is 2.27. The van der Waals surface area contributed by atoms with E-state index in [2.05, 4.69) is 5.32 Å². The number of thioether (sulfide) groups is 1. The van der Waals surface area contributed by atoms with Gasteiger partial charge in [-0.2, -0.15) is 0 Å². The Labute approximate surface area is 129 Å². The fourth-order valence-corrected chi connectivity index (χ4v) is 2.57. The van der Waals surface area contributed by atoms with Gasteiger partial charge in [0.15, 0.2) is 0 Å². The van der Waals surface area contributed by atoms with E-state index in [4.69, 9.17) is 10.8 Å². The number of carboxylic acids is 1. The van der Waals surface area contributed by atoms with Crippen LogP contribution in [0.1, 0.15) is 25.0 Å². The molecule has 1 rings (SSSR count). The van der Waals surface area contributed by atoms with Crippen LogP contribution in [0.2, 0.25) is 0 Å². The summed E-state index contributed by atoms with van der Waals surface area (Å²) in [7, 11) is 0. The topological polar surface area (TPSA) is 92.4 Å². The maximum absolute atomic E-state index is 12.0. The minimum atomic E-state index is -1.07. The van der Waals surface area contributed by atoms with Gasteiger partial charge in [-0.3, -0.25) is 9.59 Å². The van der Waals surface area contributed by atoms with Gasteiger partial charge in [0.05, 0.1) is 5.75 Å². The largest absolute Gasteiger partial charge is 0.480 e. The number of amides is 1. The van der Waals surface area contributed by atoms with Gasteiger partial charge in [0.2, 0.25) is 5.91 Å². The van der Waals surface area contributed by atoms with Crippen LogP contribution in [0.4, 0.5) is 5.69 Å². The lowest BCUT2D eigenvalue weighted by Gasteiger charge is -2.27. The fraction of sp³-hybridized carbons (Fsp3) is 0.467. The predicted octanol–water partition coefficient (Wildman–Crippen LogP) is 2.17. The molecule has 0 unspecified atom stereocenters. The number of aryl methyl sites for hydroxylation is 1. The highest BCUT2D eigenvalue weighted by molar-refractivity contribution is 8.01. The Kier molecular flexibility index (Phi) is 5.80. The predicted molar refractivity (Wildman–Crippen MR) is 86.7 cm³/mol. The second-order valence-corrected chi connectivity index (χ2v) is 7.13. The van der Waals surface area contributed by atoms with Crippen molar-refractivity contribution < 1.29 is 14.7 Å². The van der Waals surface area contributed by atoms with Crippen LogP contribution in [0.5, 0.6) is 0 Å². The van der Waals surface area contributed by atoms with Crippen LogP contribution in [0.25, 0.3) is 0 Å². The molecule has 0 saturated carbocycles. The molecule has 0 aliphatic rings.